The third-order valence-corrected chi connectivity index (χ3v) is 3.66. The maximum Gasteiger partial charge on any atom is 0.269 e. The Hall–Kier alpha value is -2.60. The van der Waals surface area contributed by atoms with Crippen molar-refractivity contribution >= 4 is 28.9 Å². The molecule has 2 N–H and O–H groups in total. The van der Waals surface area contributed by atoms with Crippen molar-refractivity contribution in [3.05, 3.63) is 69.2 Å². The fraction of sp³-hybridized carbons (Fsp3) is 0.235. The lowest BCUT2D eigenvalue weighted by Crippen LogP contribution is -2.28. The van der Waals surface area contributed by atoms with Gasteiger partial charge in [0.1, 0.15) is 0 Å². The number of nitrogens with one attached hydrogen (secondary N) is 2. The highest BCUT2D eigenvalue weighted by Gasteiger charge is 2.04. The predicted octanol–water partition coefficient (Wildman–Crippen LogP) is 3.41. The zero-order chi connectivity index (χ0) is 17.4. The number of hydrogen-bond acceptors (Lipinski definition) is 4. The van der Waals surface area contributed by atoms with Crippen LogP contribution in [0.15, 0.2) is 48.5 Å². The summed E-state index contributed by atoms with van der Waals surface area (Å²) in [4.78, 5) is 21.9. The number of rotatable bonds is 8. The number of nitro benzene ring substituents is 1. The van der Waals surface area contributed by atoms with E-state index in [-0.39, 0.29) is 11.6 Å². The number of nitrogens with zero attached hydrogens (tertiary/aromatic N) is 1. The quantitative estimate of drug-likeness (QED) is 0.435. The van der Waals surface area contributed by atoms with Crippen molar-refractivity contribution in [3.63, 3.8) is 0 Å². The number of hydrogen-bond donors (Lipinski definition) is 2. The first-order valence-corrected chi connectivity index (χ1v) is 7.92. The Morgan fingerprint density at radius 3 is 2.33 bits per heavy atom. The molecule has 2 aromatic carbocycles. The summed E-state index contributed by atoms with van der Waals surface area (Å²) in [7, 11) is 0. The zero-order valence-electron chi connectivity index (χ0n) is 13.0. The Balaban J connectivity index is 1.63. The van der Waals surface area contributed by atoms with Gasteiger partial charge in [-0.1, -0.05) is 23.7 Å². The van der Waals surface area contributed by atoms with Crippen molar-refractivity contribution in [2.24, 2.45) is 0 Å². The highest BCUT2D eigenvalue weighted by atomic mass is 35.5. The number of non-ortho nitro benzene ring substituents is 1. The molecule has 0 aliphatic carbocycles. The second kappa shape index (κ2) is 8.88. The van der Waals surface area contributed by atoms with E-state index < -0.39 is 4.92 Å². The van der Waals surface area contributed by atoms with Crippen LogP contribution in [-0.2, 0) is 11.2 Å². The number of benzene rings is 2. The normalized spacial score (nSPS) is 10.2. The minimum Gasteiger partial charge on any atom is -0.383 e. The van der Waals surface area contributed by atoms with E-state index in [4.69, 9.17) is 11.6 Å². The molecule has 0 saturated heterocycles. The summed E-state index contributed by atoms with van der Waals surface area (Å²) in [5.74, 6) is -0.0181. The van der Waals surface area contributed by atoms with Crippen molar-refractivity contribution in [2.45, 2.75) is 12.8 Å². The van der Waals surface area contributed by atoms with Crippen LogP contribution in [0.3, 0.4) is 0 Å². The van der Waals surface area contributed by atoms with Crippen LogP contribution >= 0.6 is 11.6 Å². The monoisotopic (exact) mass is 347 g/mol. The van der Waals surface area contributed by atoms with E-state index in [0.717, 1.165) is 11.3 Å². The van der Waals surface area contributed by atoms with Crippen molar-refractivity contribution < 1.29 is 9.72 Å². The Morgan fingerprint density at radius 1 is 1.04 bits per heavy atom. The third-order valence-electron chi connectivity index (χ3n) is 3.41. The summed E-state index contributed by atoms with van der Waals surface area (Å²) in [6.45, 7) is 1.03. The average Bonchev–Trinajstić information content (AvgIpc) is 2.58. The highest BCUT2D eigenvalue weighted by molar-refractivity contribution is 6.30. The Labute approximate surface area is 145 Å². The molecule has 0 bridgehead atoms. The molecule has 1 amide bonds. The third kappa shape index (κ3) is 5.89. The molecule has 0 aliphatic rings. The molecule has 126 valence electrons. The van der Waals surface area contributed by atoms with Crippen molar-refractivity contribution in [3.8, 4) is 0 Å². The molecule has 24 heavy (non-hydrogen) atoms. The van der Waals surface area contributed by atoms with Crippen LogP contribution in [0, 0.1) is 10.1 Å². The number of anilines is 1. The molecule has 0 unspecified atom stereocenters. The summed E-state index contributed by atoms with van der Waals surface area (Å²) in [6.07, 6.45) is 1.08. The number of amides is 1. The van der Waals surface area contributed by atoms with Crippen molar-refractivity contribution in [1.82, 2.24) is 5.32 Å². The minimum absolute atomic E-state index is 0.0181. The first kappa shape index (κ1) is 17.7. The maximum absolute atomic E-state index is 11.8. The Morgan fingerprint density at radius 2 is 1.71 bits per heavy atom. The summed E-state index contributed by atoms with van der Waals surface area (Å²) < 4.78 is 0. The van der Waals surface area contributed by atoms with Gasteiger partial charge in [-0.25, -0.2) is 0 Å². The second-order valence-electron chi connectivity index (χ2n) is 5.21. The molecule has 0 heterocycles. The second-order valence-corrected chi connectivity index (χ2v) is 5.64. The molecule has 0 saturated carbocycles. The van der Waals surface area contributed by atoms with E-state index in [9.17, 15) is 14.9 Å². The fourth-order valence-corrected chi connectivity index (χ4v) is 2.23. The van der Waals surface area contributed by atoms with Crippen LogP contribution in [-0.4, -0.2) is 23.9 Å². The smallest absolute Gasteiger partial charge is 0.269 e. The number of aryl methyl sites for hydroxylation is 1. The van der Waals surface area contributed by atoms with E-state index >= 15 is 0 Å². The van der Waals surface area contributed by atoms with Crippen LogP contribution in [0.5, 0.6) is 0 Å². The molecule has 7 heteroatoms. The van der Waals surface area contributed by atoms with Crippen molar-refractivity contribution in [1.29, 1.82) is 0 Å². The van der Waals surface area contributed by atoms with Gasteiger partial charge in [-0.05, 0) is 36.2 Å². The van der Waals surface area contributed by atoms with Crippen LogP contribution < -0.4 is 10.6 Å². The SMILES string of the molecule is O=C(CCc1ccc(Cl)cc1)NCCNc1ccc([N+](=O)[O-])cc1. The molecular formula is C17H18ClN3O3. The number of carbonyl (C=O) groups is 1. The van der Waals surface area contributed by atoms with Gasteiger partial charge >= 0.3 is 0 Å². The lowest BCUT2D eigenvalue weighted by atomic mass is 10.1. The summed E-state index contributed by atoms with van der Waals surface area (Å²) in [5.41, 5.74) is 1.89. The van der Waals surface area contributed by atoms with Gasteiger partial charge in [0.25, 0.3) is 5.69 Å². The molecule has 2 aromatic rings. The number of nitro groups is 1. The Kier molecular flexibility index (Phi) is 6.57. The first-order valence-electron chi connectivity index (χ1n) is 7.54. The summed E-state index contributed by atoms with van der Waals surface area (Å²) >= 11 is 5.81. The van der Waals surface area contributed by atoms with E-state index in [1.807, 2.05) is 24.3 Å². The lowest BCUT2D eigenvalue weighted by molar-refractivity contribution is -0.384. The largest absolute Gasteiger partial charge is 0.383 e. The van der Waals surface area contributed by atoms with E-state index in [2.05, 4.69) is 10.6 Å². The maximum atomic E-state index is 11.8. The van der Waals surface area contributed by atoms with Gasteiger partial charge in [0.05, 0.1) is 4.92 Å². The lowest BCUT2D eigenvalue weighted by Gasteiger charge is -2.08. The van der Waals surface area contributed by atoms with Gasteiger partial charge in [0.15, 0.2) is 0 Å². The molecule has 0 radical (unpaired) electrons. The molecule has 0 aromatic heterocycles. The molecule has 0 atom stereocenters. The molecule has 6 nitrogen and oxygen atoms in total. The molecule has 2 rings (SSSR count). The topological polar surface area (TPSA) is 84.3 Å². The molecular weight excluding hydrogens is 330 g/mol. The van der Waals surface area contributed by atoms with Crippen molar-refractivity contribution in [2.75, 3.05) is 18.4 Å². The minimum atomic E-state index is -0.440. The predicted molar refractivity (Wildman–Crippen MR) is 94.4 cm³/mol. The standard InChI is InChI=1S/C17H18ClN3O3/c18-14-4-1-13(2-5-14)3-10-17(22)20-12-11-19-15-6-8-16(9-7-15)21(23)24/h1-2,4-9,19H,3,10-12H2,(H,20,22). The van der Waals surface area contributed by atoms with Gasteiger partial charge in [0.2, 0.25) is 5.91 Å². The van der Waals surface area contributed by atoms with Crippen LogP contribution in [0.4, 0.5) is 11.4 Å². The molecule has 0 aliphatic heterocycles. The summed E-state index contributed by atoms with van der Waals surface area (Å²) in [6, 6.07) is 13.6. The van der Waals surface area contributed by atoms with E-state index in [1.165, 1.54) is 12.1 Å². The number of carbonyl (C=O) groups excluding carboxylic acids is 1. The van der Waals surface area contributed by atoms with Gasteiger partial charge < -0.3 is 10.6 Å². The van der Waals surface area contributed by atoms with Crippen LogP contribution in [0.25, 0.3) is 0 Å². The average molecular weight is 348 g/mol. The highest BCUT2D eigenvalue weighted by Crippen LogP contribution is 2.15. The van der Waals surface area contributed by atoms with Crippen LogP contribution in [0.1, 0.15) is 12.0 Å². The van der Waals surface area contributed by atoms with Crippen LogP contribution in [0.2, 0.25) is 5.02 Å². The molecule has 0 fully saturated rings. The van der Waals surface area contributed by atoms with Gasteiger partial charge in [0, 0.05) is 42.4 Å². The number of halogens is 1. The summed E-state index contributed by atoms with van der Waals surface area (Å²) in [5, 5.41) is 17.2. The zero-order valence-corrected chi connectivity index (χ0v) is 13.8. The fourth-order valence-electron chi connectivity index (χ4n) is 2.11. The van der Waals surface area contributed by atoms with E-state index in [0.29, 0.717) is 31.0 Å². The molecule has 0 spiro atoms. The first-order chi connectivity index (χ1) is 11.5. The van der Waals surface area contributed by atoms with Gasteiger partial charge in [-0.15, -0.1) is 0 Å². The van der Waals surface area contributed by atoms with Gasteiger partial charge in [-0.2, -0.15) is 0 Å². The van der Waals surface area contributed by atoms with Gasteiger partial charge in [-0.3, -0.25) is 14.9 Å². The Bertz CT molecular complexity index is 687. The van der Waals surface area contributed by atoms with E-state index in [1.54, 1.807) is 12.1 Å².